The van der Waals surface area contributed by atoms with Crippen molar-refractivity contribution in [1.82, 2.24) is 9.78 Å². The van der Waals surface area contributed by atoms with E-state index in [0.717, 1.165) is 10.5 Å². The molecule has 0 aliphatic heterocycles. The van der Waals surface area contributed by atoms with Crippen LogP contribution in [-0.4, -0.2) is 21.5 Å². The number of hydrogen-bond acceptors (Lipinski definition) is 3. The Hall–Kier alpha value is -1.77. The molecule has 0 saturated carbocycles. The van der Waals surface area contributed by atoms with Gasteiger partial charge in [-0.25, -0.2) is 4.39 Å². The fourth-order valence-electron chi connectivity index (χ4n) is 1.64. The summed E-state index contributed by atoms with van der Waals surface area (Å²) in [6.45, 7) is 0.0160. The fourth-order valence-corrected chi connectivity index (χ4v) is 2.56. The maximum Gasteiger partial charge on any atom is 0.124 e. The van der Waals surface area contributed by atoms with Crippen molar-refractivity contribution >= 4 is 11.8 Å². The molecule has 0 bridgehead atoms. The highest BCUT2D eigenvalue weighted by molar-refractivity contribution is 7.98. The topological polar surface area (TPSA) is 38.0 Å². The molecule has 0 fully saturated rings. The van der Waals surface area contributed by atoms with Crippen molar-refractivity contribution in [2.24, 2.45) is 7.05 Å². The van der Waals surface area contributed by atoms with E-state index in [1.165, 1.54) is 12.1 Å². The summed E-state index contributed by atoms with van der Waals surface area (Å²) in [6.07, 6.45) is 4.13. The second kappa shape index (κ2) is 7.13. The van der Waals surface area contributed by atoms with Gasteiger partial charge < -0.3 is 5.11 Å². The van der Waals surface area contributed by atoms with Gasteiger partial charge in [0, 0.05) is 35.9 Å². The monoisotopic (exact) mass is 290 g/mol. The maximum absolute atomic E-state index is 13.3. The first kappa shape index (κ1) is 14.6. The highest BCUT2D eigenvalue weighted by atomic mass is 32.2. The normalized spacial score (nSPS) is 10.2. The zero-order chi connectivity index (χ0) is 14.4. The Balaban J connectivity index is 2.12. The lowest BCUT2D eigenvalue weighted by atomic mass is 10.1. The SMILES string of the molecule is Cn1cc(SCc2ccc(F)cc2C#CCCO)cn1. The van der Waals surface area contributed by atoms with Crippen molar-refractivity contribution in [1.29, 1.82) is 0 Å². The molecule has 0 aliphatic carbocycles. The number of thioether (sulfide) groups is 1. The lowest BCUT2D eigenvalue weighted by molar-refractivity contribution is 0.305. The predicted octanol–water partition coefficient (Wildman–Crippen LogP) is 2.59. The van der Waals surface area contributed by atoms with Crippen molar-refractivity contribution in [3.05, 3.63) is 47.5 Å². The van der Waals surface area contributed by atoms with Crippen LogP contribution in [-0.2, 0) is 12.8 Å². The van der Waals surface area contributed by atoms with E-state index in [0.29, 0.717) is 17.7 Å². The number of nitrogens with zero attached hydrogens (tertiary/aromatic N) is 2. The number of aromatic nitrogens is 2. The lowest BCUT2D eigenvalue weighted by Gasteiger charge is -2.03. The van der Waals surface area contributed by atoms with Gasteiger partial charge >= 0.3 is 0 Å². The van der Waals surface area contributed by atoms with Gasteiger partial charge in [-0.3, -0.25) is 4.68 Å². The Kier molecular flexibility index (Phi) is 5.22. The highest BCUT2D eigenvalue weighted by Gasteiger charge is 2.04. The molecule has 0 amide bonds. The molecule has 1 heterocycles. The van der Waals surface area contributed by atoms with Crippen LogP contribution in [0.1, 0.15) is 17.5 Å². The number of rotatable bonds is 4. The summed E-state index contributed by atoms with van der Waals surface area (Å²) in [5.74, 6) is 6.15. The van der Waals surface area contributed by atoms with E-state index >= 15 is 0 Å². The summed E-state index contributed by atoms with van der Waals surface area (Å²) in [6, 6.07) is 4.63. The molecule has 1 N–H and O–H groups in total. The van der Waals surface area contributed by atoms with E-state index in [-0.39, 0.29) is 12.4 Å². The molecule has 0 unspecified atom stereocenters. The van der Waals surface area contributed by atoms with Crippen LogP contribution in [0, 0.1) is 17.7 Å². The third kappa shape index (κ3) is 4.12. The molecule has 0 spiro atoms. The first-order valence-electron chi connectivity index (χ1n) is 6.18. The smallest absolute Gasteiger partial charge is 0.124 e. The van der Waals surface area contributed by atoms with Crippen LogP contribution in [0.4, 0.5) is 4.39 Å². The minimum Gasteiger partial charge on any atom is -0.395 e. The minimum absolute atomic E-state index is 0.0160. The molecule has 1 aromatic heterocycles. The molecule has 20 heavy (non-hydrogen) atoms. The summed E-state index contributed by atoms with van der Waals surface area (Å²) < 4.78 is 15.0. The molecular formula is C15H15FN2OS. The molecule has 5 heteroatoms. The molecule has 1 aromatic carbocycles. The van der Waals surface area contributed by atoms with Gasteiger partial charge in [0.25, 0.3) is 0 Å². The van der Waals surface area contributed by atoms with Gasteiger partial charge in [-0.05, 0) is 17.7 Å². The summed E-state index contributed by atoms with van der Waals surface area (Å²) in [4.78, 5) is 1.06. The standard InChI is InChI=1S/C15H15FN2OS/c1-18-10-15(9-17-18)20-11-13-5-6-14(16)8-12(13)4-2-3-7-19/h5-6,8-10,19H,3,7,11H2,1H3. The molecule has 3 nitrogen and oxygen atoms in total. The zero-order valence-electron chi connectivity index (χ0n) is 11.1. The number of aryl methyl sites for hydroxylation is 1. The first-order valence-corrected chi connectivity index (χ1v) is 7.17. The Labute approximate surface area is 121 Å². The highest BCUT2D eigenvalue weighted by Crippen LogP contribution is 2.24. The van der Waals surface area contributed by atoms with Crippen molar-refractivity contribution in [2.75, 3.05) is 6.61 Å². The molecule has 0 aliphatic rings. The van der Waals surface area contributed by atoms with Crippen molar-refractivity contribution in [3.63, 3.8) is 0 Å². The van der Waals surface area contributed by atoms with Crippen molar-refractivity contribution < 1.29 is 9.50 Å². The van der Waals surface area contributed by atoms with Gasteiger partial charge in [-0.1, -0.05) is 17.9 Å². The zero-order valence-corrected chi connectivity index (χ0v) is 12.0. The number of aliphatic hydroxyl groups is 1. The van der Waals surface area contributed by atoms with Crippen LogP contribution in [0.3, 0.4) is 0 Å². The van der Waals surface area contributed by atoms with E-state index in [4.69, 9.17) is 5.11 Å². The van der Waals surface area contributed by atoms with Crippen LogP contribution in [0.25, 0.3) is 0 Å². The Morgan fingerprint density at radius 1 is 1.45 bits per heavy atom. The third-order valence-corrected chi connectivity index (χ3v) is 3.61. The summed E-state index contributed by atoms with van der Waals surface area (Å²) in [5, 5.41) is 12.8. The fraction of sp³-hybridized carbons (Fsp3) is 0.267. The Bertz CT molecular complexity index is 643. The van der Waals surface area contributed by atoms with Gasteiger partial charge in [0.15, 0.2) is 0 Å². The maximum atomic E-state index is 13.3. The number of hydrogen-bond donors (Lipinski definition) is 1. The van der Waals surface area contributed by atoms with Gasteiger partial charge in [-0.2, -0.15) is 5.10 Å². The van der Waals surface area contributed by atoms with Crippen LogP contribution >= 0.6 is 11.8 Å². The van der Waals surface area contributed by atoms with E-state index in [2.05, 4.69) is 16.9 Å². The van der Waals surface area contributed by atoms with Crippen LogP contribution in [0.15, 0.2) is 35.5 Å². The minimum atomic E-state index is -0.298. The summed E-state index contributed by atoms with van der Waals surface area (Å²) >= 11 is 1.63. The molecule has 0 radical (unpaired) electrons. The second-order valence-corrected chi connectivity index (χ2v) is 5.26. The quantitative estimate of drug-likeness (QED) is 0.695. The third-order valence-electron chi connectivity index (χ3n) is 2.61. The molecule has 104 valence electrons. The van der Waals surface area contributed by atoms with E-state index in [1.807, 2.05) is 13.2 Å². The summed E-state index contributed by atoms with van der Waals surface area (Å²) in [5.41, 5.74) is 1.65. The van der Waals surface area contributed by atoms with Crippen molar-refractivity contribution in [3.8, 4) is 11.8 Å². The van der Waals surface area contributed by atoms with E-state index < -0.39 is 0 Å². The molecule has 2 aromatic rings. The molecule has 0 saturated heterocycles. The van der Waals surface area contributed by atoms with Crippen LogP contribution in [0.5, 0.6) is 0 Å². The molecule has 0 atom stereocenters. The molecule has 2 rings (SSSR count). The predicted molar refractivity (Wildman–Crippen MR) is 77.7 cm³/mol. The number of halogens is 1. The average molecular weight is 290 g/mol. The Morgan fingerprint density at radius 2 is 2.30 bits per heavy atom. The van der Waals surface area contributed by atoms with E-state index in [1.54, 1.807) is 28.7 Å². The molecular weight excluding hydrogens is 275 g/mol. The average Bonchev–Trinajstić information content (AvgIpc) is 2.84. The van der Waals surface area contributed by atoms with E-state index in [9.17, 15) is 4.39 Å². The van der Waals surface area contributed by atoms with Crippen LogP contribution < -0.4 is 0 Å². The summed E-state index contributed by atoms with van der Waals surface area (Å²) in [7, 11) is 1.87. The number of benzene rings is 1. The lowest BCUT2D eigenvalue weighted by Crippen LogP contribution is -1.90. The van der Waals surface area contributed by atoms with Gasteiger partial charge in [0.1, 0.15) is 5.82 Å². The van der Waals surface area contributed by atoms with Crippen LogP contribution in [0.2, 0.25) is 0 Å². The van der Waals surface area contributed by atoms with Gasteiger partial charge in [0.05, 0.1) is 12.8 Å². The first-order chi connectivity index (χ1) is 9.69. The largest absolute Gasteiger partial charge is 0.395 e. The second-order valence-electron chi connectivity index (χ2n) is 4.22. The van der Waals surface area contributed by atoms with Gasteiger partial charge in [-0.15, -0.1) is 11.8 Å². The Morgan fingerprint density at radius 3 is 3.00 bits per heavy atom. The van der Waals surface area contributed by atoms with Gasteiger partial charge in [0.2, 0.25) is 0 Å². The van der Waals surface area contributed by atoms with Crippen molar-refractivity contribution in [2.45, 2.75) is 17.1 Å². The number of aliphatic hydroxyl groups excluding tert-OH is 1.